The third-order valence-electron chi connectivity index (χ3n) is 2.20. The van der Waals surface area contributed by atoms with E-state index in [0.717, 1.165) is 12.1 Å². The quantitative estimate of drug-likeness (QED) is 0.603. The summed E-state index contributed by atoms with van der Waals surface area (Å²) in [6.07, 6.45) is -5.21. The van der Waals surface area contributed by atoms with Gasteiger partial charge in [-0.15, -0.1) is 0 Å². The van der Waals surface area contributed by atoms with Crippen LogP contribution in [0, 0.1) is 0 Å². The molecule has 98 valence electrons. The summed E-state index contributed by atoms with van der Waals surface area (Å²) >= 11 is 0. The highest BCUT2D eigenvalue weighted by Crippen LogP contribution is 2.32. The van der Waals surface area contributed by atoms with Crippen LogP contribution in [0.25, 0.3) is 0 Å². The number of carbonyl (C=O) groups excluding carboxylic acids is 2. The molecule has 1 rings (SSSR count). The molecule has 0 saturated heterocycles. The Morgan fingerprint density at radius 1 is 1.22 bits per heavy atom. The van der Waals surface area contributed by atoms with E-state index in [-0.39, 0.29) is 6.61 Å². The van der Waals surface area contributed by atoms with Crippen LogP contribution >= 0.6 is 0 Å². The minimum absolute atomic E-state index is 0.292. The van der Waals surface area contributed by atoms with Crippen LogP contribution in [0.1, 0.15) is 22.3 Å². The smallest absolute Gasteiger partial charge is 0.377 e. The minimum atomic E-state index is -4.61. The van der Waals surface area contributed by atoms with E-state index in [2.05, 4.69) is 4.74 Å². The van der Waals surface area contributed by atoms with Gasteiger partial charge in [0.1, 0.15) is 6.61 Å². The van der Waals surface area contributed by atoms with Gasteiger partial charge in [0.2, 0.25) is 0 Å². The van der Waals surface area contributed by atoms with E-state index in [1.165, 1.54) is 19.2 Å². The second kappa shape index (κ2) is 5.77. The number of alkyl halides is 3. The molecule has 0 amide bonds. The molecule has 0 bridgehead atoms. The number of benzene rings is 1. The lowest BCUT2D eigenvalue weighted by Gasteiger charge is -2.11. The van der Waals surface area contributed by atoms with Gasteiger partial charge in [-0.3, -0.25) is 9.59 Å². The van der Waals surface area contributed by atoms with E-state index in [1.54, 1.807) is 0 Å². The normalized spacial score (nSPS) is 11.3. The lowest BCUT2D eigenvalue weighted by molar-refractivity contribution is -0.138. The first-order chi connectivity index (χ1) is 8.36. The van der Waals surface area contributed by atoms with E-state index in [9.17, 15) is 22.8 Å². The Hall–Kier alpha value is -1.69. The van der Waals surface area contributed by atoms with Crippen LogP contribution in [0.2, 0.25) is 0 Å². The lowest BCUT2D eigenvalue weighted by Crippen LogP contribution is -2.17. The van der Waals surface area contributed by atoms with Crippen LogP contribution in [-0.4, -0.2) is 25.3 Å². The lowest BCUT2D eigenvalue weighted by atomic mass is 10.00. The van der Waals surface area contributed by atoms with Crippen molar-refractivity contribution in [3.8, 4) is 0 Å². The summed E-state index contributed by atoms with van der Waals surface area (Å²) in [5.41, 5.74) is -1.52. The van der Waals surface area contributed by atoms with Gasteiger partial charge in [0, 0.05) is 12.7 Å². The molecule has 0 spiro atoms. The molecular weight excluding hydrogens is 249 g/mol. The topological polar surface area (TPSA) is 43.4 Å². The van der Waals surface area contributed by atoms with Gasteiger partial charge < -0.3 is 4.74 Å². The Balaban J connectivity index is 2.96. The van der Waals surface area contributed by atoms with Crippen LogP contribution in [0.4, 0.5) is 13.2 Å². The van der Waals surface area contributed by atoms with Crippen molar-refractivity contribution in [3.05, 3.63) is 35.4 Å². The van der Waals surface area contributed by atoms with Gasteiger partial charge >= 0.3 is 6.18 Å². The van der Waals surface area contributed by atoms with Crippen molar-refractivity contribution in [2.24, 2.45) is 0 Å². The summed E-state index contributed by atoms with van der Waals surface area (Å²) in [6.45, 7) is -0.292. The molecule has 0 atom stereocenters. The van der Waals surface area contributed by atoms with E-state index >= 15 is 0 Å². The number of ketones is 2. The molecule has 0 unspecified atom stereocenters. The summed E-state index contributed by atoms with van der Waals surface area (Å²) in [7, 11) is 1.27. The monoisotopic (exact) mass is 260 g/mol. The number of hydrogen-bond acceptors (Lipinski definition) is 3. The average molecular weight is 260 g/mol. The maximum absolute atomic E-state index is 12.6. The Morgan fingerprint density at radius 2 is 1.83 bits per heavy atom. The number of rotatable bonds is 5. The Morgan fingerprint density at radius 3 is 2.39 bits per heavy atom. The third-order valence-corrected chi connectivity index (χ3v) is 2.20. The molecule has 0 saturated carbocycles. The zero-order chi connectivity index (χ0) is 13.8. The molecule has 3 nitrogen and oxygen atoms in total. The highest BCUT2D eigenvalue weighted by Gasteiger charge is 2.34. The summed E-state index contributed by atoms with van der Waals surface area (Å²) in [4.78, 5) is 22.8. The van der Waals surface area contributed by atoms with Gasteiger partial charge in [-0.05, 0) is 6.07 Å². The van der Waals surface area contributed by atoms with Crippen molar-refractivity contribution in [1.82, 2.24) is 0 Å². The second-order valence-corrected chi connectivity index (χ2v) is 3.61. The molecule has 0 N–H and O–H groups in total. The third kappa shape index (κ3) is 3.66. The number of halogens is 3. The zero-order valence-corrected chi connectivity index (χ0v) is 9.58. The van der Waals surface area contributed by atoms with E-state index in [0.29, 0.717) is 0 Å². The maximum atomic E-state index is 12.6. The van der Waals surface area contributed by atoms with Crippen LogP contribution in [0.5, 0.6) is 0 Å². The fourth-order valence-corrected chi connectivity index (χ4v) is 1.46. The Kier molecular flexibility index (Phi) is 4.61. The SMILES string of the molecule is COCC(=O)CC(=O)c1ccccc1C(F)(F)F. The van der Waals surface area contributed by atoms with Gasteiger partial charge in [0.05, 0.1) is 12.0 Å². The standard InChI is InChI=1S/C12H11F3O3/c1-18-7-8(16)6-11(17)9-4-2-3-5-10(9)12(13,14)15/h2-5H,6-7H2,1H3. The molecule has 1 aromatic rings. The highest BCUT2D eigenvalue weighted by atomic mass is 19.4. The maximum Gasteiger partial charge on any atom is 0.417 e. The van der Waals surface area contributed by atoms with Gasteiger partial charge in [-0.1, -0.05) is 18.2 Å². The molecule has 0 fully saturated rings. The van der Waals surface area contributed by atoms with Crippen LogP contribution in [0.15, 0.2) is 24.3 Å². The van der Waals surface area contributed by atoms with Gasteiger partial charge in [0.25, 0.3) is 0 Å². The van der Waals surface area contributed by atoms with Crippen molar-refractivity contribution in [2.45, 2.75) is 12.6 Å². The minimum Gasteiger partial charge on any atom is -0.377 e. The molecule has 18 heavy (non-hydrogen) atoms. The van der Waals surface area contributed by atoms with Crippen molar-refractivity contribution >= 4 is 11.6 Å². The predicted octanol–water partition coefficient (Wildman–Crippen LogP) is 2.49. The summed E-state index contributed by atoms with van der Waals surface area (Å²) in [6, 6.07) is 4.39. The summed E-state index contributed by atoms with van der Waals surface area (Å²) in [5.74, 6) is -1.41. The number of carbonyl (C=O) groups is 2. The number of methoxy groups -OCH3 is 1. The van der Waals surface area contributed by atoms with Crippen LogP contribution in [-0.2, 0) is 15.7 Å². The molecule has 0 aromatic heterocycles. The fraction of sp³-hybridized carbons (Fsp3) is 0.333. The largest absolute Gasteiger partial charge is 0.417 e. The molecular formula is C12H11F3O3. The molecule has 6 heteroatoms. The number of ether oxygens (including phenoxy) is 1. The Labute approximate surface area is 102 Å². The summed E-state index contributed by atoms with van der Waals surface area (Å²) < 4.78 is 42.4. The first-order valence-corrected chi connectivity index (χ1v) is 5.06. The van der Waals surface area contributed by atoms with Crippen molar-refractivity contribution in [2.75, 3.05) is 13.7 Å². The van der Waals surface area contributed by atoms with E-state index in [1.807, 2.05) is 0 Å². The molecule has 0 radical (unpaired) electrons. The second-order valence-electron chi connectivity index (χ2n) is 3.61. The molecule has 0 aliphatic carbocycles. The predicted molar refractivity (Wildman–Crippen MR) is 57.3 cm³/mol. The Bertz CT molecular complexity index is 452. The van der Waals surface area contributed by atoms with Crippen molar-refractivity contribution in [1.29, 1.82) is 0 Å². The van der Waals surface area contributed by atoms with E-state index in [4.69, 9.17) is 0 Å². The first kappa shape index (κ1) is 14.4. The van der Waals surface area contributed by atoms with Crippen molar-refractivity contribution < 1.29 is 27.5 Å². The number of hydrogen-bond donors (Lipinski definition) is 0. The van der Waals surface area contributed by atoms with Crippen LogP contribution < -0.4 is 0 Å². The highest BCUT2D eigenvalue weighted by molar-refractivity contribution is 6.09. The first-order valence-electron chi connectivity index (χ1n) is 5.06. The molecule has 0 aliphatic rings. The molecule has 0 heterocycles. The van der Waals surface area contributed by atoms with Gasteiger partial charge in [0.15, 0.2) is 11.6 Å². The van der Waals surface area contributed by atoms with Gasteiger partial charge in [-0.25, -0.2) is 0 Å². The van der Waals surface area contributed by atoms with Gasteiger partial charge in [-0.2, -0.15) is 13.2 Å². The number of Topliss-reactive ketones (excluding diaryl/α,β-unsaturated/α-hetero) is 2. The average Bonchev–Trinajstić information content (AvgIpc) is 2.28. The molecule has 1 aromatic carbocycles. The summed E-state index contributed by atoms with van der Waals surface area (Å²) in [5, 5.41) is 0. The fourth-order valence-electron chi connectivity index (χ4n) is 1.46. The van der Waals surface area contributed by atoms with Crippen molar-refractivity contribution in [3.63, 3.8) is 0 Å². The van der Waals surface area contributed by atoms with Crippen LogP contribution in [0.3, 0.4) is 0 Å². The zero-order valence-electron chi connectivity index (χ0n) is 9.58. The van der Waals surface area contributed by atoms with E-state index < -0.39 is 35.3 Å². The molecule has 0 aliphatic heterocycles.